The minimum Gasteiger partial charge on any atom is -0.353 e. The lowest BCUT2D eigenvalue weighted by Crippen LogP contribution is -2.50. The zero-order valence-electron chi connectivity index (χ0n) is 16.4. The first-order chi connectivity index (χ1) is 13.4. The van der Waals surface area contributed by atoms with Gasteiger partial charge in [0.1, 0.15) is 5.82 Å². The Bertz CT molecular complexity index is 761. The Morgan fingerprint density at radius 3 is 2.46 bits per heavy atom. The molecule has 28 heavy (non-hydrogen) atoms. The third kappa shape index (κ3) is 5.10. The molecule has 0 bridgehead atoms. The van der Waals surface area contributed by atoms with Crippen molar-refractivity contribution in [3.8, 4) is 0 Å². The molecular formula is C20H30FN3O3S. The second kappa shape index (κ2) is 9.33. The maximum atomic E-state index is 13.1. The first kappa shape index (κ1) is 21.2. The second-order valence-electron chi connectivity index (χ2n) is 7.78. The topological polar surface area (TPSA) is 69.7 Å². The van der Waals surface area contributed by atoms with Crippen molar-refractivity contribution in [1.29, 1.82) is 0 Å². The van der Waals surface area contributed by atoms with Crippen LogP contribution < -0.4 is 5.32 Å². The van der Waals surface area contributed by atoms with Gasteiger partial charge in [0.05, 0.1) is 10.8 Å². The van der Waals surface area contributed by atoms with Gasteiger partial charge in [-0.15, -0.1) is 0 Å². The van der Waals surface area contributed by atoms with Gasteiger partial charge in [-0.05, 0) is 62.9 Å². The molecule has 2 aliphatic heterocycles. The minimum absolute atomic E-state index is 0.0482. The van der Waals surface area contributed by atoms with Crippen molar-refractivity contribution in [2.45, 2.75) is 50.0 Å². The van der Waals surface area contributed by atoms with Crippen LogP contribution in [0, 0.1) is 11.7 Å². The van der Waals surface area contributed by atoms with Crippen LogP contribution in [0.4, 0.5) is 4.39 Å². The lowest BCUT2D eigenvalue weighted by molar-refractivity contribution is -0.127. The summed E-state index contributed by atoms with van der Waals surface area (Å²) in [5, 5.41) is 3.13. The predicted octanol–water partition coefficient (Wildman–Crippen LogP) is 2.22. The number of carbonyl (C=O) groups is 1. The molecule has 1 N–H and O–H groups in total. The monoisotopic (exact) mass is 411 g/mol. The lowest BCUT2D eigenvalue weighted by atomic mass is 9.97. The van der Waals surface area contributed by atoms with Crippen LogP contribution in [0.15, 0.2) is 29.2 Å². The number of nitrogens with one attached hydrogen (secondary N) is 1. The standard InChI is InChI=1S/C20H30FN3O3S/c1-2-11-23-13-9-18(10-14-23)22-20(25)16-4-3-12-24(15-16)28(26,27)19-7-5-17(21)6-8-19/h5-8,16,18H,2-4,9-15H2,1H3,(H,22,25)/t16-/m1/s1. The first-order valence-electron chi connectivity index (χ1n) is 10.2. The number of benzene rings is 1. The van der Waals surface area contributed by atoms with Gasteiger partial charge in [0.2, 0.25) is 15.9 Å². The molecule has 0 aromatic heterocycles. The molecule has 0 saturated carbocycles. The lowest BCUT2D eigenvalue weighted by Gasteiger charge is -2.35. The van der Waals surface area contributed by atoms with E-state index in [1.54, 1.807) is 0 Å². The van der Waals surface area contributed by atoms with E-state index in [9.17, 15) is 17.6 Å². The molecule has 0 spiro atoms. The molecule has 0 radical (unpaired) electrons. The van der Waals surface area contributed by atoms with Crippen molar-refractivity contribution in [2.75, 3.05) is 32.7 Å². The molecule has 1 aromatic carbocycles. The van der Waals surface area contributed by atoms with Gasteiger partial charge < -0.3 is 10.2 Å². The molecule has 8 heteroatoms. The number of nitrogens with zero attached hydrogens (tertiary/aromatic N) is 2. The zero-order chi connectivity index (χ0) is 20.1. The summed E-state index contributed by atoms with van der Waals surface area (Å²) in [5.41, 5.74) is 0. The average Bonchev–Trinajstić information content (AvgIpc) is 2.70. The van der Waals surface area contributed by atoms with Crippen LogP contribution in [0.25, 0.3) is 0 Å². The quantitative estimate of drug-likeness (QED) is 0.779. The van der Waals surface area contributed by atoms with E-state index in [1.165, 1.54) is 16.4 Å². The minimum atomic E-state index is -3.71. The Hall–Kier alpha value is -1.51. The molecule has 6 nitrogen and oxygen atoms in total. The number of halogens is 1. The Morgan fingerprint density at radius 2 is 1.82 bits per heavy atom. The van der Waals surface area contributed by atoms with Gasteiger partial charge in [-0.1, -0.05) is 6.92 Å². The van der Waals surface area contributed by atoms with Gasteiger partial charge in [-0.25, -0.2) is 12.8 Å². The Labute approximate surface area is 167 Å². The number of amides is 1. The summed E-state index contributed by atoms with van der Waals surface area (Å²) in [5.74, 6) is -0.856. The summed E-state index contributed by atoms with van der Waals surface area (Å²) in [6, 6.07) is 5.01. The smallest absolute Gasteiger partial charge is 0.243 e. The third-order valence-corrected chi connectivity index (χ3v) is 7.56. The van der Waals surface area contributed by atoms with Crippen molar-refractivity contribution < 1.29 is 17.6 Å². The van der Waals surface area contributed by atoms with Crippen LogP contribution in [0.2, 0.25) is 0 Å². The van der Waals surface area contributed by atoms with E-state index in [4.69, 9.17) is 0 Å². The summed E-state index contributed by atoms with van der Waals surface area (Å²) >= 11 is 0. The third-order valence-electron chi connectivity index (χ3n) is 5.68. The van der Waals surface area contributed by atoms with Crippen molar-refractivity contribution in [2.24, 2.45) is 5.92 Å². The van der Waals surface area contributed by atoms with Gasteiger partial charge in [-0.2, -0.15) is 4.31 Å². The van der Waals surface area contributed by atoms with Gasteiger partial charge >= 0.3 is 0 Å². The SMILES string of the molecule is CCCN1CCC(NC(=O)[C@@H]2CCCN(S(=O)(=O)c3ccc(F)cc3)C2)CC1. The summed E-state index contributed by atoms with van der Waals surface area (Å²) < 4.78 is 40.1. The van der Waals surface area contributed by atoms with E-state index in [-0.39, 0.29) is 29.3 Å². The van der Waals surface area contributed by atoms with E-state index in [0.29, 0.717) is 19.4 Å². The molecule has 0 unspecified atom stereocenters. The highest BCUT2D eigenvalue weighted by molar-refractivity contribution is 7.89. The van der Waals surface area contributed by atoms with Crippen LogP contribution in [0.3, 0.4) is 0 Å². The molecule has 2 heterocycles. The highest BCUT2D eigenvalue weighted by Gasteiger charge is 2.34. The molecule has 1 atom stereocenters. The Kier molecular flexibility index (Phi) is 7.06. The van der Waals surface area contributed by atoms with Gasteiger partial charge in [0, 0.05) is 32.2 Å². The fraction of sp³-hybridized carbons (Fsp3) is 0.650. The molecule has 1 amide bonds. The molecule has 0 aliphatic carbocycles. The summed E-state index contributed by atoms with van der Waals surface area (Å²) in [6.45, 7) is 5.82. The average molecular weight is 412 g/mol. The van der Waals surface area contributed by atoms with Crippen molar-refractivity contribution in [3.63, 3.8) is 0 Å². The summed E-state index contributed by atoms with van der Waals surface area (Å²) in [4.78, 5) is 15.2. The fourth-order valence-corrected chi connectivity index (χ4v) is 5.59. The van der Waals surface area contributed by atoms with Crippen LogP contribution in [-0.4, -0.2) is 62.3 Å². The molecule has 2 fully saturated rings. The van der Waals surface area contributed by atoms with Crippen LogP contribution in [0.1, 0.15) is 39.0 Å². The highest BCUT2D eigenvalue weighted by atomic mass is 32.2. The van der Waals surface area contributed by atoms with E-state index < -0.39 is 15.8 Å². The van der Waals surface area contributed by atoms with Crippen LogP contribution in [0.5, 0.6) is 0 Å². The number of likely N-dealkylation sites (tertiary alicyclic amines) is 1. The van der Waals surface area contributed by atoms with Crippen molar-refractivity contribution in [1.82, 2.24) is 14.5 Å². The maximum Gasteiger partial charge on any atom is 0.243 e. The van der Waals surface area contributed by atoms with E-state index in [0.717, 1.165) is 51.0 Å². The number of piperidine rings is 2. The van der Waals surface area contributed by atoms with E-state index in [1.807, 2.05) is 0 Å². The number of hydrogen-bond donors (Lipinski definition) is 1. The van der Waals surface area contributed by atoms with E-state index in [2.05, 4.69) is 17.1 Å². The van der Waals surface area contributed by atoms with Gasteiger partial charge in [0.25, 0.3) is 0 Å². The van der Waals surface area contributed by atoms with Crippen molar-refractivity contribution in [3.05, 3.63) is 30.1 Å². The molecule has 2 aliphatic rings. The largest absolute Gasteiger partial charge is 0.353 e. The Morgan fingerprint density at radius 1 is 1.14 bits per heavy atom. The molecule has 1 aromatic rings. The molecule has 2 saturated heterocycles. The van der Waals surface area contributed by atoms with Crippen LogP contribution >= 0.6 is 0 Å². The number of hydrogen-bond acceptors (Lipinski definition) is 4. The predicted molar refractivity (Wildman–Crippen MR) is 106 cm³/mol. The normalized spacial score (nSPS) is 22.9. The Balaban J connectivity index is 1.57. The van der Waals surface area contributed by atoms with Gasteiger partial charge in [0.15, 0.2) is 0 Å². The number of sulfonamides is 1. The van der Waals surface area contributed by atoms with Crippen LogP contribution in [-0.2, 0) is 14.8 Å². The molecule has 156 valence electrons. The zero-order valence-corrected chi connectivity index (χ0v) is 17.3. The molecule has 3 rings (SSSR count). The van der Waals surface area contributed by atoms with Crippen molar-refractivity contribution >= 4 is 15.9 Å². The summed E-state index contributed by atoms with van der Waals surface area (Å²) in [6.07, 6.45) is 4.35. The maximum absolute atomic E-state index is 13.1. The first-order valence-corrected chi connectivity index (χ1v) is 11.6. The fourth-order valence-electron chi connectivity index (χ4n) is 4.07. The highest BCUT2D eigenvalue weighted by Crippen LogP contribution is 2.24. The second-order valence-corrected chi connectivity index (χ2v) is 9.72. The number of rotatable bonds is 6. The van der Waals surface area contributed by atoms with E-state index >= 15 is 0 Å². The van der Waals surface area contributed by atoms with Gasteiger partial charge in [-0.3, -0.25) is 4.79 Å². The molecular weight excluding hydrogens is 381 g/mol. The summed E-state index contributed by atoms with van der Waals surface area (Å²) in [7, 11) is -3.71. The number of carbonyl (C=O) groups excluding carboxylic acids is 1.